The van der Waals surface area contributed by atoms with E-state index in [2.05, 4.69) is 22.3 Å². The van der Waals surface area contributed by atoms with Gasteiger partial charge in [-0.25, -0.2) is 0 Å². The first-order valence-electron chi connectivity index (χ1n) is 8.65. The van der Waals surface area contributed by atoms with Gasteiger partial charge in [0.2, 0.25) is 0 Å². The summed E-state index contributed by atoms with van der Waals surface area (Å²) in [5.74, 6) is -0.0269. The molecule has 1 saturated heterocycles. The topological polar surface area (TPSA) is 58.4 Å². The van der Waals surface area contributed by atoms with Crippen LogP contribution >= 0.6 is 36.4 Å². The zero-order valence-electron chi connectivity index (χ0n) is 15.3. The van der Waals surface area contributed by atoms with Crippen LogP contribution in [0, 0.1) is 6.92 Å². The highest BCUT2D eigenvalue weighted by Crippen LogP contribution is 2.17. The van der Waals surface area contributed by atoms with E-state index in [1.54, 1.807) is 6.07 Å². The van der Waals surface area contributed by atoms with E-state index in [1.165, 1.54) is 5.56 Å². The number of hydrogen-bond donors (Lipinski definition) is 2. The van der Waals surface area contributed by atoms with E-state index in [0.717, 1.165) is 43.1 Å². The quantitative estimate of drug-likeness (QED) is 0.704. The predicted octanol–water partition coefficient (Wildman–Crippen LogP) is 4.47. The van der Waals surface area contributed by atoms with E-state index < -0.39 is 0 Å². The molecule has 27 heavy (non-hydrogen) atoms. The fourth-order valence-corrected chi connectivity index (χ4v) is 3.36. The van der Waals surface area contributed by atoms with Crippen LogP contribution in [0.2, 0.25) is 5.02 Å². The van der Waals surface area contributed by atoms with E-state index >= 15 is 0 Å². The van der Waals surface area contributed by atoms with Crippen molar-refractivity contribution in [3.63, 3.8) is 0 Å². The molecule has 1 fully saturated rings. The second-order valence-electron chi connectivity index (χ2n) is 6.72. The SMILES string of the molecule is Cc1ccc(N)cc1C(=O)NC1CCN(Cc2ccc(Cl)cc2)CC1.Cl.Cl. The highest BCUT2D eigenvalue weighted by Gasteiger charge is 2.21. The van der Waals surface area contributed by atoms with Gasteiger partial charge in [-0.15, -0.1) is 24.8 Å². The number of rotatable bonds is 4. The molecule has 4 nitrogen and oxygen atoms in total. The number of amides is 1. The van der Waals surface area contributed by atoms with Crippen molar-refractivity contribution in [3.8, 4) is 0 Å². The third-order valence-corrected chi connectivity index (χ3v) is 5.00. The number of nitrogens with one attached hydrogen (secondary N) is 1. The number of nitrogens with zero attached hydrogens (tertiary/aromatic N) is 1. The Morgan fingerprint density at radius 2 is 1.78 bits per heavy atom. The Balaban J connectivity index is 0.00000182. The van der Waals surface area contributed by atoms with E-state index in [1.807, 2.05) is 31.2 Å². The lowest BCUT2D eigenvalue weighted by Crippen LogP contribution is -2.44. The maximum atomic E-state index is 12.5. The highest BCUT2D eigenvalue weighted by molar-refractivity contribution is 6.30. The van der Waals surface area contributed by atoms with Crippen LogP contribution in [0.3, 0.4) is 0 Å². The first-order chi connectivity index (χ1) is 12.0. The highest BCUT2D eigenvalue weighted by atomic mass is 35.5. The van der Waals surface area contributed by atoms with Gasteiger partial charge in [0, 0.05) is 41.9 Å². The van der Waals surface area contributed by atoms with Gasteiger partial charge in [-0.3, -0.25) is 9.69 Å². The number of benzene rings is 2. The number of nitrogen functional groups attached to an aromatic ring is 1. The van der Waals surface area contributed by atoms with Gasteiger partial charge in [0.15, 0.2) is 0 Å². The van der Waals surface area contributed by atoms with Gasteiger partial charge in [0.1, 0.15) is 0 Å². The Morgan fingerprint density at radius 1 is 1.15 bits per heavy atom. The van der Waals surface area contributed by atoms with Crippen LogP contribution in [0.5, 0.6) is 0 Å². The zero-order chi connectivity index (χ0) is 17.8. The van der Waals surface area contributed by atoms with Gasteiger partial charge in [0.05, 0.1) is 0 Å². The normalized spacial score (nSPS) is 14.7. The van der Waals surface area contributed by atoms with E-state index in [4.69, 9.17) is 17.3 Å². The lowest BCUT2D eigenvalue weighted by atomic mass is 10.0. The third-order valence-electron chi connectivity index (χ3n) is 4.75. The molecule has 1 amide bonds. The van der Waals surface area contributed by atoms with Crippen LogP contribution in [-0.4, -0.2) is 29.9 Å². The summed E-state index contributed by atoms with van der Waals surface area (Å²) in [6.45, 7) is 4.81. The summed E-state index contributed by atoms with van der Waals surface area (Å²) >= 11 is 5.93. The van der Waals surface area contributed by atoms with Gasteiger partial charge in [-0.1, -0.05) is 29.8 Å². The molecule has 0 radical (unpaired) electrons. The molecule has 7 heteroatoms. The first kappa shape index (κ1) is 23.6. The van der Waals surface area contributed by atoms with Crippen molar-refractivity contribution in [1.29, 1.82) is 0 Å². The molecule has 2 aromatic carbocycles. The molecule has 0 aliphatic carbocycles. The molecule has 2 aromatic rings. The Bertz CT molecular complexity index is 745. The minimum atomic E-state index is -0.0269. The Morgan fingerprint density at radius 3 is 2.41 bits per heavy atom. The number of carbonyl (C=O) groups excluding carboxylic acids is 1. The standard InChI is InChI=1S/C20H24ClN3O.2ClH/c1-14-2-7-17(22)12-19(14)20(25)23-18-8-10-24(11-9-18)13-15-3-5-16(21)6-4-15;;/h2-7,12,18H,8-11,13,22H2,1H3,(H,23,25);2*1H. The molecular formula is C20H26Cl3N3O. The third kappa shape index (κ3) is 6.58. The van der Waals surface area contributed by atoms with E-state index in [0.29, 0.717) is 11.3 Å². The molecule has 0 atom stereocenters. The van der Waals surface area contributed by atoms with Gasteiger partial charge < -0.3 is 11.1 Å². The molecule has 0 aromatic heterocycles. The van der Waals surface area contributed by atoms with Gasteiger partial charge in [-0.05, 0) is 55.2 Å². The fourth-order valence-electron chi connectivity index (χ4n) is 3.23. The number of carbonyl (C=O) groups is 1. The second kappa shape index (κ2) is 10.8. The molecule has 1 heterocycles. The molecule has 3 rings (SSSR count). The maximum Gasteiger partial charge on any atom is 0.251 e. The van der Waals surface area contributed by atoms with Crippen molar-refractivity contribution in [3.05, 3.63) is 64.2 Å². The summed E-state index contributed by atoms with van der Waals surface area (Å²) in [5, 5.41) is 3.92. The summed E-state index contributed by atoms with van der Waals surface area (Å²) in [7, 11) is 0. The largest absolute Gasteiger partial charge is 0.399 e. The van der Waals surface area contributed by atoms with E-state index in [9.17, 15) is 4.79 Å². The smallest absolute Gasteiger partial charge is 0.251 e. The Labute approximate surface area is 178 Å². The number of nitrogens with two attached hydrogens (primary N) is 1. The Hall–Kier alpha value is -1.46. The fraction of sp³-hybridized carbons (Fsp3) is 0.350. The summed E-state index contributed by atoms with van der Waals surface area (Å²) in [4.78, 5) is 14.9. The van der Waals surface area contributed by atoms with Crippen LogP contribution in [0.15, 0.2) is 42.5 Å². The lowest BCUT2D eigenvalue weighted by molar-refractivity contribution is 0.0908. The molecule has 1 aliphatic rings. The number of likely N-dealkylation sites (tertiary alicyclic amines) is 1. The van der Waals surface area contributed by atoms with Crippen LogP contribution in [-0.2, 0) is 6.54 Å². The predicted molar refractivity (Wildman–Crippen MR) is 117 cm³/mol. The van der Waals surface area contributed by atoms with Crippen molar-refractivity contribution in [2.24, 2.45) is 0 Å². The maximum absolute atomic E-state index is 12.5. The zero-order valence-corrected chi connectivity index (χ0v) is 17.7. The van der Waals surface area contributed by atoms with Crippen molar-refractivity contribution >= 4 is 48.0 Å². The number of anilines is 1. The Kier molecular flexibility index (Phi) is 9.40. The van der Waals surface area contributed by atoms with Gasteiger partial charge in [-0.2, -0.15) is 0 Å². The summed E-state index contributed by atoms with van der Waals surface area (Å²) in [6, 6.07) is 13.7. The number of halogens is 3. The van der Waals surface area contributed by atoms with Crippen molar-refractivity contribution in [2.75, 3.05) is 18.8 Å². The summed E-state index contributed by atoms with van der Waals surface area (Å²) in [5.41, 5.74) is 9.31. The molecule has 1 aliphatic heterocycles. The molecule has 0 unspecified atom stereocenters. The van der Waals surface area contributed by atoms with Crippen LogP contribution < -0.4 is 11.1 Å². The van der Waals surface area contributed by atoms with Crippen molar-refractivity contribution in [1.82, 2.24) is 10.2 Å². The van der Waals surface area contributed by atoms with Crippen molar-refractivity contribution < 1.29 is 4.79 Å². The minimum absolute atomic E-state index is 0. The minimum Gasteiger partial charge on any atom is -0.399 e. The van der Waals surface area contributed by atoms with Gasteiger partial charge in [0.25, 0.3) is 5.91 Å². The molecule has 0 bridgehead atoms. The molecule has 148 valence electrons. The van der Waals surface area contributed by atoms with Gasteiger partial charge >= 0.3 is 0 Å². The molecule has 0 saturated carbocycles. The average Bonchev–Trinajstić information content (AvgIpc) is 2.60. The van der Waals surface area contributed by atoms with Crippen LogP contribution in [0.25, 0.3) is 0 Å². The van der Waals surface area contributed by atoms with Crippen molar-refractivity contribution in [2.45, 2.75) is 32.4 Å². The molecule has 0 spiro atoms. The van der Waals surface area contributed by atoms with Crippen LogP contribution in [0.1, 0.15) is 34.3 Å². The first-order valence-corrected chi connectivity index (χ1v) is 9.03. The summed E-state index contributed by atoms with van der Waals surface area (Å²) < 4.78 is 0. The molecule has 3 N–H and O–H groups in total. The van der Waals surface area contributed by atoms with E-state index in [-0.39, 0.29) is 36.8 Å². The number of piperidine rings is 1. The average molecular weight is 431 g/mol. The number of aryl methyl sites for hydroxylation is 1. The second-order valence-corrected chi connectivity index (χ2v) is 7.16. The number of hydrogen-bond acceptors (Lipinski definition) is 3. The monoisotopic (exact) mass is 429 g/mol. The summed E-state index contributed by atoms with van der Waals surface area (Å²) in [6.07, 6.45) is 1.92. The lowest BCUT2D eigenvalue weighted by Gasteiger charge is -2.32. The van der Waals surface area contributed by atoms with Crippen LogP contribution in [0.4, 0.5) is 5.69 Å². The molecular weight excluding hydrogens is 405 g/mol.